The Balaban J connectivity index is 2.26. The highest BCUT2D eigenvalue weighted by Gasteiger charge is 2.16. The zero-order chi connectivity index (χ0) is 20.1. The molecule has 0 saturated carbocycles. The number of carboxylic acid groups (broad SMARTS) is 1. The van der Waals surface area contributed by atoms with Crippen LogP contribution >= 0.6 is 23.2 Å². The fraction of sp³-hybridized carbons (Fsp3) is 0.118. The van der Waals surface area contributed by atoms with Crippen molar-refractivity contribution in [2.45, 2.75) is 6.42 Å². The van der Waals surface area contributed by atoms with Gasteiger partial charge in [0.05, 0.1) is 15.6 Å². The van der Waals surface area contributed by atoms with Gasteiger partial charge in [-0.15, -0.1) is 0 Å². The Kier molecular flexibility index (Phi) is 6.49. The predicted octanol–water partition coefficient (Wildman–Crippen LogP) is 3.26. The van der Waals surface area contributed by atoms with E-state index in [2.05, 4.69) is 10.6 Å². The molecule has 0 aromatic heterocycles. The largest absolute Gasteiger partial charge is 0.507 e. The Morgan fingerprint density at radius 3 is 2.30 bits per heavy atom. The smallest absolute Gasteiger partial charge is 0.312 e. The van der Waals surface area contributed by atoms with Crippen molar-refractivity contribution < 1.29 is 29.3 Å². The lowest BCUT2D eigenvalue weighted by Crippen LogP contribution is -2.17. The molecular formula is C17H14Cl2N2O6. The third-order valence-electron chi connectivity index (χ3n) is 3.25. The summed E-state index contributed by atoms with van der Waals surface area (Å²) in [7, 11) is 1.42. The molecule has 2 rings (SSSR count). The molecule has 0 radical (unpaired) electrons. The Labute approximate surface area is 163 Å². The van der Waals surface area contributed by atoms with Gasteiger partial charge in [-0.3, -0.25) is 14.4 Å². The second-order valence-corrected chi connectivity index (χ2v) is 6.06. The fourth-order valence-electron chi connectivity index (χ4n) is 2.09. The number of carboxylic acids is 1. The van der Waals surface area contributed by atoms with E-state index in [9.17, 15) is 19.5 Å². The number of aliphatic carboxylic acids is 1. The summed E-state index contributed by atoms with van der Waals surface area (Å²) < 4.78 is 5.59. The predicted molar refractivity (Wildman–Crippen MR) is 98.9 cm³/mol. The summed E-state index contributed by atoms with van der Waals surface area (Å²) >= 11 is 12.3. The van der Waals surface area contributed by atoms with Crippen LogP contribution in [0.2, 0.25) is 10.0 Å². The highest BCUT2D eigenvalue weighted by molar-refractivity contribution is 6.37. The number of phenolic OH excluding ortho intramolecular Hbond substituents is 1. The number of phenols is 1. The first-order valence-corrected chi connectivity index (χ1v) is 8.20. The van der Waals surface area contributed by atoms with Crippen molar-refractivity contribution in [3.8, 4) is 17.2 Å². The number of benzene rings is 2. The molecule has 27 heavy (non-hydrogen) atoms. The minimum Gasteiger partial charge on any atom is -0.507 e. The quantitative estimate of drug-likeness (QED) is 0.539. The van der Waals surface area contributed by atoms with Crippen molar-refractivity contribution in [2.24, 2.45) is 0 Å². The summed E-state index contributed by atoms with van der Waals surface area (Å²) in [5, 5.41) is 23.2. The number of carbonyl (C=O) groups excluding carboxylic acids is 2. The number of ether oxygens (including phenoxy) is 1. The maximum atomic E-state index is 11.7. The lowest BCUT2D eigenvalue weighted by atomic mass is 10.1. The monoisotopic (exact) mass is 412 g/mol. The second kappa shape index (κ2) is 8.61. The van der Waals surface area contributed by atoms with Crippen LogP contribution in [0.1, 0.15) is 16.8 Å². The molecule has 0 bridgehead atoms. The molecule has 142 valence electrons. The van der Waals surface area contributed by atoms with Crippen LogP contribution in [0.4, 0.5) is 5.69 Å². The van der Waals surface area contributed by atoms with E-state index in [1.807, 2.05) is 0 Å². The number of hydrogen-bond acceptors (Lipinski definition) is 5. The van der Waals surface area contributed by atoms with Crippen LogP contribution in [0.5, 0.6) is 17.2 Å². The summed E-state index contributed by atoms with van der Waals surface area (Å²) in [5.41, 5.74) is 0.195. The summed E-state index contributed by atoms with van der Waals surface area (Å²) in [6.45, 7) is 0. The van der Waals surface area contributed by atoms with Crippen LogP contribution in [-0.2, 0) is 9.59 Å². The van der Waals surface area contributed by atoms with Gasteiger partial charge in [-0.2, -0.15) is 0 Å². The average molecular weight is 413 g/mol. The van der Waals surface area contributed by atoms with Crippen molar-refractivity contribution >= 4 is 46.7 Å². The minimum absolute atomic E-state index is 0.000186. The van der Waals surface area contributed by atoms with E-state index in [4.69, 9.17) is 33.0 Å². The molecule has 2 aromatic carbocycles. The number of nitrogens with one attached hydrogen (secondary N) is 2. The van der Waals surface area contributed by atoms with Crippen LogP contribution in [-0.4, -0.2) is 35.0 Å². The zero-order valence-corrected chi connectivity index (χ0v) is 15.4. The molecule has 4 N–H and O–H groups in total. The summed E-state index contributed by atoms with van der Waals surface area (Å²) in [4.78, 5) is 33.8. The summed E-state index contributed by atoms with van der Waals surface area (Å²) in [6, 6.07) is 6.67. The normalized spacial score (nSPS) is 10.2. The van der Waals surface area contributed by atoms with Gasteiger partial charge in [0.15, 0.2) is 5.75 Å². The topological polar surface area (TPSA) is 125 Å². The average Bonchev–Trinajstić information content (AvgIpc) is 2.58. The van der Waals surface area contributed by atoms with Gasteiger partial charge < -0.3 is 25.6 Å². The van der Waals surface area contributed by atoms with Crippen molar-refractivity contribution in [3.63, 3.8) is 0 Å². The van der Waals surface area contributed by atoms with Crippen LogP contribution in [0.25, 0.3) is 0 Å². The highest BCUT2D eigenvalue weighted by atomic mass is 35.5. The van der Waals surface area contributed by atoms with E-state index in [-0.39, 0.29) is 38.5 Å². The Morgan fingerprint density at radius 2 is 1.74 bits per heavy atom. The number of hydrogen-bond donors (Lipinski definition) is 4. The Morgan fingerprint density at radius 1 is 1.11 bits per heavy atom. The van der Waals surface area contributed by atoms with Gasteiger partial charge in [-0.1, -0.05) is 23.2 Å². The molecule has 0 aliphatic rings. The molecule has 0 unspecified atom stereocenters. The standard InChI is InChI=1S/C17H14Cl2N2O6/c1-20-17(26)10-6-9(2-3-13(10)22)27-16-11(18)4-8(5-12(16)19)21-14(23)7-15(24)25/h2-6,22H,7H2,1H3,(H,20,26)(H,21,23)(H,24,25). The van der Waals surface area contributed by atoms with Gasteiger partial charge in [0, 0.05) is 12.7 Å². The number of halogens is 2. The molecule has 0 spiro atoms. The summed E-state index contributed by atoms with van der Waals surface area (Å²) in [6.07, 6.45) is -0.705. The second-order valence-electron chi connectivity index (χ2n) is 5.25. The number of carbonyl (C=O) groups is 3. The Hall–Kier alpha value is -2.97. The molecule has 0 fully saturated rings. The Bertz CT molecular complexity index is 893. The van der Waals surface area contributed by atoms with E-state index < -0.39 is 24.2 Å². The van der Waals surface area contributed by atoms with E-state index in [1.165, 1.54) is 37.4 Å². The molecular weight excluding hydrogens is 399 g/mol. The van der Waals surface area contributed by atoms with Gasteiger partial charge in [-0.05, 0) is 30.3 Å². The zero-order valence-electron chi connectivity index (χ0n) is 13.9. The lowest BCUT2D eigenvalue weighted by Gasteiger charge is -2.13. The van der Waals surface area contributed by atoms with Crippen LogP contribution in [0, 0.1) is 0 Å². The van der Waals surface area contributed by atoms with Crippen LogP contribution < -0.4 is 15.4 Å². The number of amides is 2. The van der Waals surface area contributed by atoms with Gasteiger partial charge in [0.25, 0.3) is 5.91 Å². The molecule has 10 heteroatoms. The molecule has 2 aromatic rings. The maximum Gasteiger partial charge on any atom is 0.312 e. The van der Waals surface area contributed by atoms with E-state index in [0.29, 0.717) is 0 Å². The number of anilines is 1. The first kappa shape index (κ1) is 20.3. The molecule has 0 atom stereocenters. The third-order valence-corrected chi connectivity index (χ3v) is 3.81. The SMILES string of the molecule is CNC(=O)c1cc(Oc2c(Cl)cc(NC(=O)CC(=O)O)cc2Cl)ccc1O. The van der Waals surface area contributed by atoms with E-state index in [1.54, 1.807) is 0 Å². The minimum atomic E-state index is -1.27. The van der Waals surface area contributed by atoms with Gasteiger partial charge in [-0.25, -0.2) is 0 Å². The van der Waals surface area contributed by atoms with Gasteiger partial charge in [0.2, 0.25) is 5.91 Å². The third kappa shape index (κ3) is 5.25. The molecule has 8 nitrogen and oxygen atoms in total. The number of aromatic hydroxyl groups is 1. The molecule has 0 aliphatic heterocycles. The molecule has 2 amide bonds. The van der Waals surface area contributed by atoms with Crippen LogP contribution in [0.3, 0.4) is 0 Å². The van der Waals surface area contributed by atoms with Crippen molar-refractivity contribution in [3.05, 3.63) is 45.9 Å². The molecule has 0 aliphatic carbocycles. The van der Waals surface area contributed by atoms with E-state index >= 15 is 0 Å². The first-order chi connectivity index (χ1) is 12.7. The highest BCUT2D eigenvalue weighted by Crippen LogP contribution is 2.39. The van der Waals surface area contributed by atoms with Crippen molar-refractivity contribution in [1.29, 1.82) is 0 Å². The van der Waals surface area contributed by atoms with Gasteiger partial charge in [0.1, 0.15) is 17.9 Å². The molecule has 0 saturated heterocycles. The van der Waals surface area contributed by atoms with Crippen molar-refractivity contribution in [1.82, 2.24) is 5.32 Å². The molecule has 0 heterocycles. The van der Waals surface area contributed by atoms with Crippen molar-refractivity contribution in [2.75, 3.05) is 12.4 Å². The van der Waals surface area contributed by atoms with E-state index in [0.717, 1.165) is 0 Å². The fourth-order valence-corrected chi connectivity index (χ4v) is 2.65. The maximum absolute atomic E-state index is 11.7. The van der Waals surface area contributed by atoms with Gasteiger partial charge >= 0.3 is 5.97 Å². The first-order valence-electron chi connectivity index (χ1n) is 7.45. The number of rotatable bonds is 6. The van der Waals surface area contributed by atoms with Crippen LogP contribution in [0.15, 0.2) is 30.3 Å². The lowest BCUT2D eigenvalue weighted by molar-refractivity contribution is -0.139. The summed E-state index contributed by atoms with van der Waals surface area (Å²) in [5.74, 6) is -2.50.